The number of rotatable bonds is 2. The molecule has 24 heavy (non-hydrogen) atoms. The van der Waals surface area contributed by atoms with Crippen molar-refractivity contribution in [2.45, 2.75) is 17.9 Å². The van der Waals surface area contributed by atoms with Crippen LogP contribution in [0.15, 0.2) is 52.2 Å². The summed E-state index contributed by atoms with van der Waals surface area (Å²) in [4.78, 5) is 18.6. The van der Waals surface area contributed by atoms with Crippen LogP contribution in [0.2, 0.25) is 5.02 Å². The minimum Gasteiger partial charge on any atom is -0.292 e. The van der Waals surface area contributed by atoms with Crippen LogP contribution in [0.1, 0.15) is 17.8 Å². The SMILES string of the molecule is CSc1ccc(C=C2CCn3c2nc2ccc(Cl)cc2c3=O)cc1. The molecule has 2 aromatic carbocycles. The number of aromatic nitrogens is 2. The third-order valence-corrected chi connectivity index (χ3v) is 5.24. The van der Waals surface area contributed by atoms with Crippen LogP contribution in [0.4, 0.5) is 0 Å². The molecule has 1 aliphatic rings. The van der Waals surface area contributed by atoms with Crippen molar-refractivity contribution < 1.29 is 0 Å². The standard InChI is InChI=1S/C19H15ClN2OS/c1-24-15-5-2-12(3-6-15)10-13-8-9-22-18(13)21-17-7-4-14(20)11-16(17)19(22)23/h2-7,10-11H,8-9H2,1H3. The molecule has 4 rings (SSSR count). The van der Waals surface area contributed by atoms with Crippen molar-refractivity contribution in [3.05, 3.63) is 69.2 Å². The number of benzene rings is 2. The molecule has 0 bridgehead atoms. The number of thioether (sulfide) groups is 1. The quantitative estimate of drug-likeness (QED) is 0.625. The number of hydrogen-bond donors (Lipinski definition) is 0. The van der Waals surface area contributed by atoms with Gasteiger partial charge in [0.1, 0.15) is 5.82 Å². The largest absolute Gasteiger partial charge is 0.292 e. The molecule has 5 heteroatoms. The molecule has 0 N–H and O–H groups in total. The van der Waals surface area contributed by atoms with Crippen LogP contribution in [0.5, 0.6) is 0 Å². The van der Waals surface area contributed by atoms with Crippen molar-refractivity contribution in [1.29, 1.82) is 0 Å². The molecule has 0 aliphatic carbocycles. The molecule has 120 valence electrons. The Labute approximate surface area is 149 Å². The summed E-state index contributed by atoms with van der Waals surface area (Å²) in [6.45, 7) is 0.665. The Balaban J connectivity index is 1.83. The van der Waals surface area contributed by atoms with Gasteiger partial charge in [-0.05, 0) is 60.2 Å². The first-order valence-corrected chi connectivity index (χ1v) is 9.31. The van der Waals surface area contributed by atoms with Crippen LogP contribution in [0, 0.1) is 0 Å². The molecule has 1 aromatic heterocycles. The summed E-state index contributed by atoms with van der Waals surface area (Å²) in [5.41, 5.74) is 2.90. The Bertz CT molecular complexity index is 1020. The molecule has 0 saturated heterocycles. The van der Waals surface area contributed by atoms with E-state index in [1.807, 2.05) is 6.07 Å². The first-order chi connectivity index (χ1) is 11.7. The van der Waals surface area contributed by atoms with Crippen LogP contribution < -0.4 is 5.56 Å². The normalized spacial score (nSPS) is 15.2. The number of allylic oxidation sites excluding steroid dienone is 1. The Morgan fingerprint density at radius 1 is 1.21 bits per heavy atom. The van der Waals surface area contributed by atoms with Gasteiger partial charge in [-0.3, -0.25) is 9.36 Å². The number of hydrogen-bond acceptors (Lipinski definition) is 3. The average molecular weight is 355 g/mol. The Hall–Kier alpha value is -2.04. The summed E-state index contributed by atoms with van der Waals surface area (Å²) in [5.74, 6) is 0.767. The maximum atomic E-state index is 12.7. The Morgan fingerprint density at radius 3 is 2.75 bits per heavy atom. The molecule has 0 atom stereocenters. The zero-order valence-electron chi connectivity index (χ0n) is 13.1. The molecule has 3 nitrogen and oxygen atoms in total. The van der Waals surface area contributed by atoms with Crippen LogP contribution >= 0.6 is 23.4 Å². The minimum absolute atomic E-state index is 0.0152. The van der Waals surface area contributed by atoms with Crippen LogP contribution in [-0.4, -0.2) is 15.8 Å². The van der Waals surface area contributed by atoms with E-state index in [4.69, 9.17) is 16.6 Å². The average Bonchev–Trinajstić information content (AvgIpc) is 2.99. The molecule has 0 radical (unpaired) electrons. The summed E-state index contributed by atoms with van der Waals surface area (Å²) in [7, 11) is 0. The number of fused-ring (bicyclic) bond motifs is 2. The fraction of sp³-hybridized carbons (Fsp3) is 0.158. The fourth-order valence-electron chi connectivity index (χ4n) is 3.03. The van der Waals surface area contributed by atoms with Gasteiger partial charge >= 0.3 is 0 Å². The van der Waals surface area contributed by atoms with Gasteiger partial charge in [0, 0.05) is 16.5 Å². The highest BCUT2D eigenvalue weighted by atomic mass is 35.5. The zero-order chi connectivity index (χ0) is 16.7. The molecule has 0 unspecified atom stereocenters. The monoisotopic (exact) mass is 354 g/mol. The van der Waals surface area contributed by atoms with E-state index in [9.17, 15) is 4.79 Å². The maximum absolute atomic E-state index is 12.7. The van der Waals surface area contributed by atoms with E-state index in [1.165, 1.54) is 4.90 Å². The third kappa shape index (κ3) is 2.66. The fourth-order valence-corrected chi connectivity index (χ4v) is 3.61. The predicted molar refractivity (Wildman–Crippen MR) is 102 cm³/mol. The lowest BCUT2D eigenvalue weighted by atomic mass is 10.1. The van der Waals surface area contributed by atoms with E-state index in [1.54, 1.807) is 28.5 Å². The highest BCUT2D eigenvalue weighted by Crippen LogP contribution is 2.28. The summed E-state index contributed by atoms with van der Waals surface area (Å²) in [6, 6.07) is 13.7. The van der Waals surface area contributed by atoms with Crippen LogP contribution in [0.3, 0.4) is 0 Å². The van der Waals surface area contributed by atoms with Crippen molar-refractivity contribution in [3.8, 4) is 0 Å². The van der Waals surface area contributed by atoms with E-state index in [0.29, 0.717) is 22.5 Å². The van der Waals surface area contributed by atoms with Gasteiger partial charge in [-0.1, -0.05) is 23.7 Å². The number of nitrogens with zero attached hydrogens (tertiary/aromatic N) is 2. The predicted octanol–water partition coefficient (Wildman–Crippen LogP) is 4.72. The lowest BCUT2D eigenvalue weighted by molar-refractivity contribution is 0.725. The highest BCUT2D eigenvalue weighted by molar-refractivity contribution is 7.98. The summed E-state index contributed by atoms with van der Waals surface area (Å²) in [6.07, 6.45) is 5.00. The second-order valence-corrected chi connectivity index (χ2v) is 7.06. The lowest BCUT2D eigenvalue weighted by Crippen LogP contribution is -2.20. The molecule has 1 aliphatic heterocycles. The van der Waals surface area contributed by atoms with Gasteiger partial charge in [-0.25, -0.2) is 4.98 Å². The maximum Gasteiger partial charge on any atom is 0.261 e. The molecule has 0 fully saturated rings. The van der Waals surface area contributed by atoms with Gasteiger partial charge < -0.3 is 0 Å². The first-order valence-electron chi connectivity index (χ1n) is 7.71. The second kappa shape index (κ2) is 6.11. The minimum atomic E-state index is -0.0152. The first kappa shape index (κ1) is 15.5. The van der Waals surface area contributed by atoms with E-state index in [0.717, 1.165) is 23.4 Å². The summed E-state index contributed by atoms with van der Waals surface area (Å²) < 4.78 is 1.75. The highest BCUT2D eigenvalue weighted by Gasteiger charge is 2.20. The molecule has 3 aromatic rings. The smallest absolute Gasteiger partial charge is 0.261 e. The van der Waals surface area contributed by atoms with Crippen LogP contribution in [0.25, 0.3) is 22.6 Å². The molecular formula is C19H15ClN2OS. The van der Waals surface area contributed by atoms with Crippen molar-refractivity contribution in [3.63, 3.8) is 0 Å². The van der Waals surface area contributed by atoms with Gasteiger partial charge in [0.05, 0.1) is 10.9 Å². The third-order valence-electron chi connectivity index (χ3n) is 4.26. The lowest BCUT2D eigenvalue weighted by Gasteiger charge is -2.06. The second-order valence-electron chi connectivity index (χ2n) is 5.75. The van der Waals surface area contributed by atoms with E-state index >= 15 is 0 Å². The van der Waals surface area contributed by atoms with E-state index in [-0.39, 0.29) is 5.56 Å². The Morgan fingerprint density at radius 2 is 2.00 bits per heavy atom. The van der Waals surface area contributed by atoms with Gasteiger partial charge in [0.2, 0.25) is 0 Å². The van der Waals surface area contributed by atoms with Crippen molar-refractivity contribution in [2.75, 3.05) is 6.26 Å². The van der Waals surface area contributed by atoms with Gasteiger partial charge in [-0.2, -0.15) is 0 Å². The number of halogens is 1. The van der Waals surface area contributed by atoms with Gasteiger partial charge in [0.25, 0.3) is 5.56 Å². The van der Waals surface area contributed by atoms with Gasteiger partial charge in [0.15, 0.2) is 0 Å². The molecule has 0 saturated carbocycles. The molecule has 2 heterocycles. The van der Waals surface area contributed by atoms with E-state index in [2.05, 4.69) is 36.6 Å². The van der Waals surface area contributed by atoms with Crippen molar-refractivity contribution in [2.24, 2.45) is 0 Å². The van der Waals surface area contributed by atoms with Crippen LogP contribution in [-0.2, 0) is 6.54 Å². The molecule has 0 spiro atoms. The molecular weight excluding hydrogens is 340 g/mol. The Kier molecular flexibility index (Phi) is 3.94. The van der Waals surface area contributed by atoms with Crippen molar-refractivity contribution >= 4 is 45.9 Å². The summed E-state index contributed by atoms with van der Waals surface area (Å²) >= 11 is 7.74. The topological polar surface area (TPSA) is 34.9 Å². The van der Waals surface area contributed by atoms with E-state index < -0.39 is 0 Å². The summed E-state index contributed by atoms with van der Waals surface area (Å²) in [5, 5.41) is 1.14. The van der Waals surface area contributed by atoms with Crippen molar-refractivity contribution in [1.82, 2.24) is 9.55 Å². The zero-order valence-corrected chi connectivity index (χ0v) is 14.7. The molecule has 0 amide bonds. The van der Waals surface area contributed by atoms with Gasteiger partial charge in [-0.15, -0.1) is 11.8 Å².